The summed E-state index contributed by atoms with van der Waals surface area (Å²) in [5.41, 5.74) is 13.7. The molecule has 0 aliphatic rings. The minimum Gasteiger partial charge on any atom is -0.507 e. The predicted molar refractivity (Wildman–Crippen MR) is 274 cm³/mol. The molecule has 0 spiro atoms. The zero-order valence-electron chi connectivity index (χ0n) is 37.4. The number of aromatic nitrogens is 3. The third-order valence-electron chi connectivity index (χ3n) is 13.0. The number of nitrogens with zero attached hydrogens (tertiary/aromatic N) is 4. The first-order valence-corrected chi connectivity index (χ1v) is 22.4. The number of phenolic OH excluding ortho intramolecular Hbond substituents is 1. The van der Waals surface area contributed by atoms with Gasteiger partial charge in [-0.15, -0.1) is 29.3 Å². The first-order chi connectivity index (χ1) is 32.7. The SMILES string of the molecule is [C-]#[N+]c1ccc2ccc3c(ccc4oc5c(-c6nc7c(-c8[c-]c(-c9cc(-c%10ccccc%10)ccn9)cc(C(C)(C)C)c8)cccc7n6-c6ccc(-c7ccccc7)cc6)c(O)ccc5c43)c2c1.[Pt]. The molecule has 7 heteroatoms. The van der Waals surface area contributed by atoms with Gasteiger partial charge in [0.1, 0.15) is 22.5 Å². The molecule has 0 aliphatic heterocycles. The minimum atomic E-state index is -0.188. The fourth-order valence-corrected chi connectivity index (χ4v) is 9.59. The molecule has 0 unspecified atom stereocenters. The summed E-state index contributed by atoms with van der Waals surface area (Å²) >= 11 is 0. The Bertz CT molecular complexity index is 3970. The average molecular weight is 1060 g/mol. The summed E-state index contributed by atoms with van der Waals surface area (Å²) in [5, 5.41) is 18.0. The Morgan fingerprint density at radius 3 is 2.07 bits per heavy atom. The second-order valence-electron chi connectivity index (χ2n) is 18.2. The van der Waals surface area contributed by atoms with Gasteiger partial charge in [0.15, 0.2) is 11.5 Å². The topological polar surface area (TPSA) is 68.4 Å². The quantitative estimate of drug-likeness (QED) is 0.133. The number of aromatic hydroxyl groups is 1. The zero-order valence-corrected chi connectivity index (χ0v) is 39.6. The predicted octanol–water partition coefficient (Wildman–Crippen LogP) is 16.3. The molecule has 6 nitrogen and oxygen atoms in total. The van der Waals surface area contributed by atoms with Crippen molar-refractivity contribution in [3.05, 3.63) is 211 Å². The summed E-state index contributed by atoms with van der Waals surface area (Å²) in [6, 6.07) is 65.6. The molecule has 3 aromatic heterocycles. The maximum atomic E-state index is 12.1. The van der Waals surface area contributed by atoms with Gasteiger partial charge in [-0.2, -0.15) is 0 Å². The van der Waals surface area contributed by atoms with E-state index in [0.29, 0.717) is 28.2 Å². The van der Waals surface area contributed by atoms with Gasteiger partial charge in [0.05, 0.1) is 17.6 Å². The Kier molecular flexibility index (Phi) is 10.4. The van der Waals surface area contributed by atoms with E-state index in [4.69, 9.17) is 21.0 Å². The van der Waals surface area contributed by atoms with Crippen LogP contribution < -0.4 is 0 Å². The van der Waals surface area contributed by atoms with Crippen molar-refractivity contribution in [2.45, 2.75) is 26.2 Å². The number of hydrogen-bond donors (Lipinski definition) is 1. The smallest absolute Gasteiger partial charge is 0.187 e. The summed E-state index contributed by atoms with van der Waals surface area (Å²) < 4.78 is 8.98. The largest absolute Gasteiger partial charge is 0.507 e. The van der Waals surface area contributed by atoms with E-state index in [-0.39, 0.29) is 32.2 Å². The average Bonchev–Trinajstić information content (AvgIpc) is 3.95. The van der Waals surface area contributed by atoms with Gasteiger partial charge >= 0.3 is 0 Å². The van der Waals surface area contributed by atoms with E-state index in [1.165, 1.54) is 0 Å². The van der Waals surface area contributed by atoms with Crippen LogP contribution in [0.2, 0.25) is 0 Å². The number of phenols is 1. The molecule has 328 valence electrons. The Hall–Kier alpha value is -8.10. The number of furan rings is 1. The van der Waals surface area contributed by atoms with Crippen molar-refractivity contribution in [2.75, 3.05) is 0 Å². The number of pyridine rings is 1. The van der Waals surface area contributed by atoms with Gasteiger partial charge in [0.2, 0.25) is 0 Å². The molecule has 0 amide bonds. The molecule has 0 saturated carbocycles. The molecule has 0 bridgehead atoms. The standard InChI is InChI=1S/C61H41N4O2.Pt/c1-61(2,3)44-33-42(32-43(34-44)52-35-41(30-31-63-52)38-14-9-6-10-15-38)47-16-11-17-53-58(47)64-60(65(53)46-23-19-39(20-24-46)37-12-7-5-8-13-37)57-54(66)28-26-50-56-49-25-21-40-18-22-45(62-4)36-51(40)48(49)27-29-55(56)67-59(50)57;/h5-31,33-36,66H,1-3H3;/q-1;. The van der Waals surface area contributed by atoms with Crippen LogP contribution in [0.3, 0.4) is 0 Å². The van der Waals surface area contributed by atoms with E-state index in [9.17, 15) is 5.11 Å². The number of imidazole rings is 1. The Morgan fingerprint density at radius 1 is 0.632 bits per heavy atom. The molecule has 0 atom stereocenters. The van der Waals surface area contributed by atoms with E-state index in [2.05, 4.69) is 152 Å². The number of fused-ring (bicyclic) bond motifs is 8. The summed E-state index contributed by atoms with van der Waals surface area (Å²) in [4.78, 5) is 14.1. The van der Waals surface area contributed by atoms with Gasteiger partial charge in [-0.1, -0.05) is 153 Å². The minimum absolute atomic E-state index is 0. The van der Waals surface area contributed by atoms with Gasteiger partial charge in [0, 0.05) is 49.4 Å². The zero-order chi connectivity index (χ0) is 45.4. The van der Waals surface area contributed by atoms with Crippen LogP contribution in [0, 0.1) is 12.6 Å². The number of para-hydroxylation sites is 1. The molecule has 12 aromatic rings. The maximum absolute atomic E-state index is 12.1. The van der Waals surface area contributed by atoms with Crippen LogP contribution in [0.1, 0.15) is 26.3 Å². The van der Waals surface area contributed by atoms with Crippen LogP contribution >= 0.6 is 0 Å². The maximum Gasteiger partial charge on any atom is 0.187 e. The molecule has 0 radical (unpaired) electrons. The van der Waals surface area contributed by atoms with E-state index in [1.807, 2.05) is 66.9 Å². The van der Waals surface area contributed by atoms with Crippen LogP contribution in [0.5, 0.6) is 5.75 Å². The Labute approximate surface area is 407 Å². The molecule has 0 aliphatic carbocycles. The van der Waals surface area contributed by atoms with Gasteiger partial charge < -0.3 is 9.52 Å². The Morgan fingerprint density at radius 2 is 1.32 bits per heavy atom. The Balaban J connectivity index is 0.00000507. The van der Waals surface area contributed by atoms with Crippen molar-refractivity contribution in [3.8, 4) is 67.5 Å². The summed E-state index contributed by atoms with van der Waals surface area (Å²) in [6.07, 6.45) is 1.87. The second kappa shape index (κ2) is 16.6. The molecular weight excluding hydrogens is 1020 g/mol. The van der Waals surface area contributed by atoms with Gasteiger partial charge in [-0.3, -0.25) is 9.55 Å². The number of rotatable bonds is 6. The number of benzene rings is 9. The van der Waals surface area contributed by atoms with Crippen molar-refractivity contribution in [2.24, 2.45) is 0 Å². The summed E-state index contributed by atoms with van der Waals surface area (Å²) in [6.45, 7) is 14.4. The molecule has 1 N–H and O–H groups in total. The fourth-order valence-electron chi connectivity index (χ4n) is 9.59. The first kappa shape index (κ1) is 42.5. The monoisotopic (exact) mass is 1060 g/mol. The molecule has 0 saturated heterocycles. The van der Waals surface area contributed by atoms with Crippen LogP contribution in [-0.2, 0) is 26.5 Å². The normalized spacial score (nSPS) is 11.7. The van der Waals surface area contributed by atoms with E-state index in [1.54, 1.807) is 6.07 Å². The van der Waals surface area contributed by atoms with Crippen molar-refractivity contribution in [1.82, 2.24) is 14.5 Å². The molecule has 3 heterocycles. The van der Waals surface area contributed by atoms with E-state index in [0.717, 1.165) is 99.2 Å². The summed E-state index contributed by atoms with van der Waals surface area (Å²) in [5.74, 6) is 0.591. The molecule has 68 heavy (non-hydrogen) atoms. The van der Waals surface area contributed by atoms with Crippen LogP contribution in [0.4, 0.5) is 5.69 Å². The fraction of sp³-hybridized carbons (Fsp3) is 0.0656. The van der Waals surface area contributed by atoms with Crippen molar-refractivity contribution >= 4 is 60.2 Å². The van der Waals surface area contributed by atoms with Crippen molar-refractivity contribution < 1.29 is 30.6 Å². The third-order valence-corrected chi connectivity index (χ3v) is 13.0. The van der Waals surface area contributed by atoms with Gasteiger partial charge in [-0.25, -0.2) is 9.83 Å². The molecule has 9 aromatic carbocycles. The molecular formula is C61H41N4O2Pt-. The number of hydrogen-bond acceptors (Lipinski definition) is 4. The van der Waals surface area contributed by atoms with Gasteiger partial charge in [-0.05, 0) is 97.7 Å². The second-order valence-corrected chi connectivity index (χ2v) is 18.2. The van der Waals surface area contributed by atoms with Crippen LogP contribution in [-0.4, -0.2) is 19.6 Å². The third kappa shape index (κ3) is 7.15. The van der Waals surface area contributed by atoms with Crippen molar-refractivity contribution in [1.29, 1.82) is 0 Å². The van der Waals surface area contributed by atoms with Gasteiger partial charge in [0.25, 0.3) is 0 Å². The molecule has 0 fully saturated rings. The van der Waals surface area contributed by atoms with Crippen LogP contribution in [0.25, 0.3) is 121 Å². The van der Waals surface area contributed by atoms with E-state index >= 15 is 0 Å². The van der Waals surface area contributed by atoms with Crippen molar-refractivity contribution in [3.63, 3.8) is 0 Å². The summed E-state index contributed by atoms with van der Waals surface area (Å²) in [7, 11) is 0. The first-order valence-electron chi connectivity index (χ1n) is 22.4. The molecule has 12 rings (SSSR count). The van der Waals surface area contributed by atoms with E-state index < -0.39 is 0 Å². The van der Waals surface area contributed by atoms with Crippen LogP contribution in [0.15, 0.2) is 193 Å².